The zero-order valence-electron chi connectivity index (χ0n) is 22.2. The summed E-state index contributed by atoms with van der Waals surface area (Å²) in [5.74, 6) is 0.560. The minimum absolute atomic E-state index is 0.00598. The Morgan fingerprint density at radius 2 is 1.64 bits per heavy atom. The lowest BCUT2D eigenvalue weighted by Crippen LogP contribution is -2.47. The number of likely N-dealkylation sites (N-methyl/N-ethyl adjacent to an activating group) is 2. The third-order valence-corrected chi connectivity index (χ3v) is 7.19. The van der Waals surface area contributed by atoms with E-state index in [0.717, 1.165) is 25.7 Å². The molecule has 12 heteroatoms. The number of hydrogen-bond acceptors (Lipinski definition) is 7. The van der Waals surface area contributed by atoms with Crippen LogP contribution in [0, 0.1) is 5.82 Å². The van der Waals surface area contributed by atoms with Crippen molar-refractivity contribution in [2.45, 2.75) is 20.0 Å². The van der Waals surface area contributed by atoms with Crippen molar-refractivity contribution in [3.8, 4) is 11.3 Å². The Labute approximate surface area is 231 Å². The maximum absolute atomic E-state index is 13.8. The van der Waals surface area contributed by atoms with Crippen molar-refractivity contribution >= 4 is 29.2 Å². The van der Waals surface area contributed by atoms with Crippen molar-refractivity contribution < 1.29 is 17.6 Å². The molecular formula is C27H32ClF4N7. The molecule has 0 radical (unpaired) electrons. The number of rotatable bonds is 9. The Morgan fingerprint density at radius 3 is 2.28 bits per heavy atom. The Hall–Kier alpha value is -3.18. The van der Waals surface area contributed by atoms with Gasteiger partial charge in [-0.2, -0.15) is 18.2 Å². The van der Waals surface area contributed by atoms with E-state index >= 15 is 0 Å². The van der Waals surface area contributed by atoms with Crippen molar-refractivity contribution in [2.24, 2.45) is 0 Å². The zero-order valence-corrected chi connectivity index (χ0v) is 23.0. The van der Waals surface area contributed by atoms with E-state index in [1.165, 1.54) is 24.4 Å². The van der Waals surface area contributed by atoms with Gasteiger partial charge in [0.2, 0.25) is 5.95 Å². The monoisotopic (exact) mass is 565 g/mol. The van der Waals surface area contributed by atoms with Gasteiger partial charge in [-0.25, -0.2) is 14.4 Å². The molecule has 3 aromatic rings. The molecule has 1 fully saturated rings. The van der Waals surface area contributed by atoms with E-state index < -0.39 is 17.6 Å². The van der Waals surface area contributed by atoms with E-state index in [2.05, 4.69) is 23.7 Å². The van der Waals surface area contributed by atoms with Crippen LogP contribution in [0.5, 0.6) is 0 Å². The minimum atomic E-state index is -4.48. The lowest BCUT2D eigenvalue weighted by molar-refractivity contribution is -0.137. The molecule has 0 unspecified atom stereocenters. The van der Waals surface area contributed by atoms with Crippen LogP contribution in [0.25, 0.3) is 11.3 Å². The fraction of sp³-hybridized carbons (Fsp3) is 0.444. The molecule has 1 saturated heterocycles. The summed E-state index contributed by atoms with van der Waals surface area (Å²) in [4.78, 5) is 21.5. The number of piperazine rings is 1. The molecule has 0 spiro atoms. The molecule has 0 aliphatic carbocycles. The average Bonchev–Trinajstić information content (AvgIpc) is 2.94. The van der Waals surface area contributed by atoms with Gasteiger partial charge in [-0.15, -0.1) is 0 Å². The number of hydrogen-bond donors (Lipinski definition) is 0. The number of alkyl halides is 3. The highest BCUT2D eigenvalue weighted by atomic mass is 35.5. The van der Waals surface area contributed by atoms with Gasteiger partial charge < -0.3 is 19.6 Å². The summed E-state index contributed by atoms with van der Waals surface area (Å²) < 4.78 is 54.5. The predicted molar refractivity (Wildman–Crippen MR) is 147 cm³/mol. The number of nitrogens with zero attached hydrogens (tertiary/aromatic N) is 7. The molecule has 1 aliphatic heterocycles. The summed E-state index contributed by atoms with van der Waals surface area (Å²) in [6.45, 7) is 9.18. The number of anilines is 3. The van der Waals surface area contributed by atoms with Crippen LogP contribution in [-0.4, -0.2) is 79.3 Å². The molecular weight excluding hydrogens is 534 g/mol. The third kappa shape index (κ3) is 6.88. The molecule has 39 heavy (non-hydrogen) atoms. The normalized spacial score (nSPS) is 14.3. The molecule has 1 aliphatic rings. The smallest absolute Gasteiger partial charge is 0.353 e. The van der Waals surface area contributed by atoms with Crippen LogP contribution < -0.4 is 14.7 Å². The first-order valence-corrected chi connectivity index (χ1v) is 13.3. The maximum atomic E-state index is 13.8. The van der Waals surface area contributed by atoms with Crippen LogP contribution in [0.1, 0.15) is 19.4 Å². The fourth-order valence-corrected chi connectivity index (χ4v) is 4.69. The topological polar surface area (TPSA) is 51.6 Å². The summed E-state index contributed by atoms with van der Waals surface area (Å²) in [5, 5.41) is -0.00598. The Bertz CT molecular complexity index is 1260. The van der Waals surface area contributed by atoms with Crippen LogP contribution in [0.3, 0.4) is 0 Å². The molecule has 3 heterocycles. The molecule has 210 valence electrons. The maximum Gasteiger partial charge on any atom is 0.419 e. The summed E-state index contributed by atoms with van der Waals surface area (Å²) in [6, 6.07) is 8.60. The standard InChI is InChI=1S/C27H32ClF4N7/c1-4-37(5-2)12-11-36(3)26-34-23(19-8-9-22(29)21(28)17-19)18-24(35-26)38-13-15-39(16-14-38)25-20(27(30,31)32)7-6-10-33-25/h6-10,17-18H,4-5,11-16H2,1-3H3. The number of aromatic nitrogens is 3. The molecule has 4 rings (SSSR count). The van der Waals surface area contributed by atoms with Crippen molar-refractivity contribution in [3.05, 3.63) is 59.0 Å². The fourth-order valence-electron chi connectivity index (χ4n) is 4.51. The number of halogens is 5. The Kier molecular flexibility index (Phi) is 9.12. The van der Waals surface area contributed by atoms with Gasteiger partial charge in [0.1, 0.15) is 17.5 Å². The minimum Gasteiger partial charge on any atom is -0.353 e. The van der Waals surface area contributed by atoms with Crippen LogP contribution in [-0.2, 0) is 6.18 Å². The largest absolute Gasteiger partial charge is 0.419 e. The first-order valence-electron chi connectivity index (χ1n) is 12.9. The second-order valence-corrected chi connectivity index (χ2v) is 9.74. The SMILES string of the molecule is CCN(CC)CCN(C)c1nc(-c2ccc(F)c(Cl)c2)cc(N2CCN(c3ncccc3C(F)(F)F)CC2)n1. The van der Waals surface area contributed by atoms with Gasteiger partial charge in [0.25, 0.3) is 0 Å². The number of pyridine rings is 1. The summed E-state index contributed by atoms with van der Waals surface area (Å²) in [7, 11) is 1.92. The number of benzene rings is 1. The summed E-state index contributed by atoms with van der Waals surface area (Å²) in [5.41, 5.74) is 0.483. The van der Waals surface area contributed by atoms with E-state index in [9.17, 15) is 17.6 Å². The zero-order chi connectivity index (χ0) is 28.2. The molecule has 0 N–H and O–H groups in total. The van der Waals surface area contributed by atoms with Crippen LogP contribution >= 0.6 is 11.6 Å². The second-order valence-electron chi connectivity index (χ2n) is 9.34. The molecule has 0 atom stereocenters. The summed E-state index contributed by atoms with van der Waals surface area (Å²) >= 11 is 6.05. The highest BCUT2D eigenvalue weighted by molar-refractivity contribution is 6.31. The van der Waals surface area contributed by atoms with Gasteiger partial charge in [0.05, 0.1) is 16.3 Å². The van der Waals surface area contributed by atoms with Crippen molar-refractivity contribution in [1.29, 1.82) is 0 Å². The van der Waals surface area contributed by atoms with Crippen LogP contribution in [0.2, 0.25) is 5.02 Å². The van der Waals surface area contributed by atoms with Gasteiger partial charge in [-0.3, -0.25) is 0 Å². The molecule has 0 saturated carbocycles. The van der Waals surface area contributed by atoms with Gasteiger partial charge >= 0.3 is 6.18 Å². The molecule has 1 aromatic carbocycles. The summed E-state index contributed by atoms with van der Waals surface area (Å²) in [6.07, 6.45) is -3.11. The van der Waals surface area contributed by atoms with E-state index in [1.807, 2.05) is 22.9 Å². The lowest BCUT2D eigenvalue weighted by Gasteiger charge is -2.37. The molecule has 7 nitrogen and oxygen atoms in total. The highest BCUT2D eigenvalue weighted by Gasteiger charge is 2.36. The predicted octanol–water partition coefficient (Wildman–Crippen LogP) is 5.45. The first kappa shape index (κ1) is 28.8. The van der Waals surface area contributed by atoms with E-state index in [0.29, 0.717) is 55.7 Å². The average molecular weight is 566 g/mol. The van der Waals surface area contributed by atoms with E-state index in [4.69, 9.17) is 21.6 Å². The first-order chi connectivity index (χ1) is 18.6. The quantitative estimate of drug-likeness (QED) is 0.320. The lowest BCUT2D eigenvalue weighted by atomic mass is 10.1. The van der Waals surface area contributed by atoms with Gasteiger partial charge in [-0.05, 0) is 43.4 Å². The molecule has 0 amide bonds. The second kappa shape index (κ2) is 12.3. The van der Waals surface area contributed by atoms with E-state index in [1.54, 1.807) is 11.0 Å². The van der Waals surface area contributed by atoms with Crippen molar-refractivity contribution in [3.63, 3.8) is 0 Å². The molecule has 0 bridgehead atoms. The van der Waals surface area contributed by atoms with Gasteiger partial charge in [0.15, 0.2) is 0 Å². The van der Waals surface area contributed by atoms with Gasteiger partial charge in [0, 0.05) is 64.1 Å². The Morgan fingerprint density at radius 1 is 0.949 bits per heavy atom. The Balaban J connectivity index is 1.60. The van der Waals surface area contributed by atoms with Gasteiger partial charge in [-0.1, -0.05) is 25.4 Å². The highest BCUT2D eigenvalue weighted by Crippen LogP contribution is 2.36. The van der Waals surface area contributed by atoms with Crippen molar-refractivity contribution in [1.82, 2.24) is 19.9 Å². The van der Waals surface area contributed by atoms with Crippen LogP contribution in [0.4, 0.5) is 35.1 Å². The van der Waals surface area contributed by atoms with Crippen LogP contribution in [0.15, 0.2) is 42.6 Å². The van der Waals surface area contributed by atoms with E-state index in [-0.39, 0.29) is 10.8 Å². The third-order valence-electron chi connectivity index (χ3n) is 6.90. The molecule has 2 aromatic heterocycles. The van der Waals surface area contributed by atoms with Crippen molar-refractivity contribution in [2.75, 3.05) is 74.1 Å².